The Balaban J connectivity index is 1.49. The Morgan fingerprint density at radius 1 is 0.974 bits per heavy atom. The lowest BCUT2D eigenvalue weighted by Gasteiger charge is -2.31. The summed E-state index contributed by atoms with van der Waals surface area (Å²) in [7, 11) is 0. The average molecular weight is 550 g/mol. The Hall–Kier alpha value is -4.05. The highest BCUT2D eigenvalue weighted by Gasteiger charge is 2.44. The van der Waals surface area contributed by atoms with E-state index in [1.807, 2.05) is 66.0 Å². The van der Waals surface area contributed by atoms with Gasteiger partial charge in [-0.15, -0.1) is 11.3 Å². The highest BCUT2D eigenvalue weighted by atomic mass is 32.1. The van der Waals surface area contributed by atoms with Crippen molar-refractivity contribution in [3.8, 4) is 0 Å². The van der Waals surface area contributed by atoms with E-state index in [4.69, 9.17) is 9.47 Å². The molecule has 3 aromatic rings. The van der Waals surface area contributed by atoms with Gasteiger partial charge in [0.05, 0.1) is 18.3 Å². The Labute approximate surface area is 231 Å². The molecule has 1 N–H and O–H groups in total. The van der Waals surface area contributed by atoms with E-state index >= 15 is 0 Å². The molecule has 9 nitrogen and oxygen atoms in total. The van der Waals surface area contributed by atoms with Crippen molar-refractivity contribution in [3.05, 3.63) is 87.9 Å². The first-order valence-electron chi connectivity index (χ1n) is 12.8. The van der Waals surface area contributed by atoms with Crippen molar-refractivity contribution >= 4 is 35.1 Å². The highest BCUT2D eigenvalue weighted by Crippen LogP contribution is 2.33. The zero-order valence-electron chi connectivity index (χ0n) is 21.9. The maximum absolute atomic E-state index is 13.7. The molecule has 1 fully saturated rings. The van der Waals surface area contributed by atoms with Crippen molar-refractivity contribution in [1.82, 2.24) is 15.2 Å². The van der Waals surface area contributed by atoms with Crippen LogP contribution in [0, 0.1) is 0 Å². The van der Waals surface area contributed by atoms with E-state index in [-0.39, 0.29) is 12.6 Å². The van der Waals surface area contributed by atoms with Crippen molar-refractivity contribution in [2.24, 2.45) is 0 Å². The first kappa shape index (κ1) is 28.0. The number of amides is 2. The van der Waals surface area contributed by atoms with Crippen LogP contribution >= 0.6 is 11.3 Å². The third-order valence-corrected chi connectivity index (χ3v) is 7.22. The summed E-state index contributed by atoms with van der Waals surface area (Å²) in [6.45, 7) is 2.77. The molecule has 2 heterocycles. The van der Waals surface area contributed by atoms with Gasteiger partial charge < -0.3 is 19.7 Å². The van der Waals surface area contributed by atoms with Gasteiger partial charge in [-0.25, -0.2) is 4.98 Å². The lowest BCUT2D eigenvalue weighted by Crippen LogP contribution is -2.53. The number of nitrogens with zero attached hydrogens (tertiary/aromatic N) is 2. The molecule has 0 spiro atoms. The molecule has 1 unspecified atom stereocenters. The molecular formula is C29H31N3O6S. The number of hydrogen-bond acceptors (Lipinski definition) is 8. The molecule has 3 atom stereocenters. The number of esters is 2. The number of carbonyl (C=O) groups excluding carboxylic acids is 4. The summed E-state index contributed by atoms with van der Waals surface area (Å²) >= 11 is 1.39. The van der Waals surface area contributed by atoms with E-state index in [9.17, 15) is 19.2 Å². The van der Waals surface area contributed by atoms with Crippen LogP contribution in [0.3, 0.4) is 0 Å². The van der Waals surface area contributed by atoms with Gasteiger partial charge in [-0.1, -0.05) is 60.7 Å². The van der Waals surface area contributed by atoms with Crippen LogP contribution < -0.4 is 5.32 Å². The number of thiazole rings is 1. The molecule has 4 rings (SSSR count). The van der Waals surface area contributed by atoms with Crippen molar-refractivity contribution in [2.45, 2.75) is 57.9 Å². The Bertz CT molecular complexity index is 1300. The standard InChI is InChI=1S/C29H31N3O6S/c1-19(33)37-26(28(35)30-17-25-31-23(18-39-25)16-21-10-5-3-6-11-21)27(38-20(2)34)29(36)32-15-9-14-24(32)22-12-7-4-8-13-22/h3-8,10-13,18,24,26-27H,9,14-17H2,1-2H3,(H,30,35)/t24?,26-,27-/m1/s1. The van der Waals surface area contributed by atoms with Gasteiger partial charge in [0.15, 0.2) is 0 Å². The average Bonchev–Trinajstić information content (AvgIpc) is 3.59. The molecular weight excluding hydrogens is 518 g/mol. The zero-order valence-corrected chi connectivity index (χ0v) is 22.7. The number of hydrogen-bond donors (Lipinski definition) is 1. The number of benzene rings is 2. The summed E-state index contributed by atoms with van der Waals surface area (Å²) in [6.07, 6.45) is -1.15. The Morgan fingerprint density at radius 3 is 2.28 bits per heavy atom. The molecule has 0 radical (unpaired) electrons. The van der Waals surface area contributed by atoms with Gasteiger partial charge in [0, 0.05) is 32.2 Å². The fraction of sp³-hybridized carbons (Fsp3) is 0.345. The van der Waals surface area contributed by atoms with Crippen molar-refractivity contribution in [3.63, 3.8) is 0 Å². The quantitative estimate of drug-likeness (QED) is 0.385. The normalized spacial score (nSPS) is 16.3. The molecule has 204 valence electrons. The number of carbonyl (C=O) groups is 4. The molecule has 1 saturated heterocycles. The predicted molar refractivity (Wildman–Crippen MR) is 144 cm³/mol. The number of likely N-dealkylation sites (tertiary alicyclic amines) is 1. The van der Waals surface area contributed by atoms with E-state index in [0.717, 1.165) is 43.5 Å². The second kappa shape index (κ2) is 13.1. The number of ether oxygens (including phenoxy) is 2. The van der Waals surface area contributed by atoms with E-state index < -0.39 is 36.0 Å². The van der Waals surface area contributed by atoms with Crippen LogP contribution in [0.25, 0.3) is 0 Å². The second-order valence-corrected chi connectivity index (χ2v) is 10.2. The lowest BCUT2D eigenvalue weighted by molar-refractivity contribution is -0.178. The predicted octanol–water partition coefficient (Wildman–Crippen LogP) is 3.58. The first-order chi connectivity index (χ1) is 18.8. The van der Waals surface area contributed by atoms with Gasteiger partial charge in [-0.05, 0) is 24.0 Å². The van der Waals surface area contributed by atoms with Gasteiger partial charge >= 0.3 is 11.9 Å². The molecule has 2 aromatic carbocycles. The molecule has 0 bridgehead atoms. The van der Waals surface area contributed by atoms with E-state index in [1.165, 1.54) is 11.3 Å². The van der Waals surface area contributed by atoms with Crippen LogP contribution in [0.4, 0.5) is 0 Å². The van der Waals surface area contributed by atoms with Crippen molar-refractivity contribution in [2.75, 3.05) is 6.54 Å². The third-order valence-electron chi connectivity index (χ3n) is 6.32. The van der Waals surface area contributed by atoms with Crippen LogP contribution in [0.15, 0.2) is 66.0 Å². The molecule has 2 amide bonds. The lowest BCUT2D eigenvalue weighted by atomic mass is 10.0. The number of rotatable bonds is 10. The summed E-state index contributed by atoms with van der Waals surface area (Å²) in [5.74, 6) is -2.88. The molecule has 1 aliphatic rings. The summed E-state index contributed by atoms with van der Waals surface area (Å²) < 4.78 is 10.6. The summed E-state index contributed by atoms with van der Waals surface area (Å²) in [5.41, 5.74) is 2.92. The van der Waals surface area contributed by atoms with E-state index in [2.05, 4.69) is 10.3 Å². The molecule has 0 saturated carbocycles. The van der Waals surface area contributed by atoms with E-state index in [1.54, 1.807) is 4.90 Å². The largest absolute Gasteiger partial charge is 0.448 e. The second-order valence-electron chi connectivity index (χ2n) is 9.27. The fourth-order valence-electron chi connectivity index (χ4n) is 4.65. The van der Waals surface area contributed by atoms with Gasteiger partial charge in [-0.2, -0.15) is 0 Å². The molecule has 1 aromatic heterocycles. The summed E-state index contributed by atoms with van der Waals surface area (Å²) in [4.78, 5) is 57.1. The highest BCUT2D eigenvalue weighted by molar-refractivity contribution is 7.09. The molecule has 1 aliphatic heterocycles. The molecule has 39 heavy (non-hydrogen) atoms. The summed E-state index contributed by atoms with van der Waals surface area (Å²) in [6, 6.07) is 19.2. The number of aromatic nitrogens is 1. The Morgan fingerprint density at radius 2 is 1.62 bits per heavy atom. The SMILES string of the molecule is CC(=O)O[C@@H](C(=O)NCc1nc(Cc2ccccc2)cs1)[C@@H](OC(C)=O)C(=O)N1CCCC1c1ccccc1. The maximum Gasteiger partial charge on any atom is 0.303 e. The van der Waals surface area contributed by atoms with Crippen molar-refractivity contribution < 1.29 is 28.7 Å². The van der Waals surface area contributed by atoms with Gasteiger partial charge in [0.2, 0.25) is 12.2 Å². The topological polar surface area (TPSA) is 115 Å². The van der Waals surface area contributed by atoms with Crippen LogP contribution in [-0.2, 0) is 41.6 Å². The van der Waals surface area contributed by atoms with Gasteiger partial charge in [0.1, 0.15) is 5.01 Å². The van der Waals surface area contributed by atoms with Crippen LogP contribution in [-0.4, -0.2) is 52.4 Å². The number of nitrogens with one attached hydrogen (secondary N) is 1. The zero-order chi connectivity index (χ0) is 27.8. The van der Waals surface area contributed by atoms with Crippen LogP contribution in [0.2, 0.25) is 0 Å². The Kier molecular flexibility index (Phi) is 9.43. The van der Waals surface area contributed by atoms with Gasteiger partial charge in [0.25, 0.3) is 11.8 Å². The fourth-order valence-corrected chi connectivity index (χ4v) is 5.38. The monoisotopic (exact) mass is 549 g/mol. The van der Waals surface area contributed by atoms with Crippen molar-refractivity contribution in [1.29, 1.82) is 0 Å². The minimum atomic E-state index is -1.65. The van der Waals surface area contributed by atoms with Crippen LogP contribution in [0.1, 0.15) is 54.6 Å². The minimum Gasteiger partial charge on any atom is -0.448 e. The smallest absolute Gasteiger partial charge is 0.303 e. The first-order valence-corrected chi connectivity index (χ1v) is 13.6. The molecule has 10 heteroatoms. The summed E-state index contributed by atoms with van der Waals surface area (Å²) in [5, 5.41) is 5.26. The van der Waals surface area contributed by atoms with Gasteiger partial charge in [-0.3, -0.25) is 19.2 Å². The van der Waals surface area contributed by atoms with E-state index in [0.29, 0.717) is 18.0 Å². The maximum atomic E-state index is 13.7. The minimum absolute atomic E-state index is 0.0629. The van der Waals surface area contributed by atoms with Crippen LogP contribution in [0.5, 0.6) is 0 Å². The third kappa shape index (κ3) is 7.51. The molecule has 0 aliphatic carbocycles.